The van der Waals surface area contributed by atoms with Crippen molar-refractivity contribution in [2.45, 2.75) is 38.8 Å². The molecule has 3 aliphatic rings. The smallest absolute Gasteiger partial charge is 0.262 e. The van der Waals surface area contributed by atoms with Crippen molar-refractivity contribution in [2.24, 2.45) is 0 Å². The number of imide groups is 2. The lowest BCUT2D eigenvalue weighted by atomic mass is 10.0. The molecule has 182 valence electrons. The Hall–Kier alpha value is -3.76. The summed E-state index contributed by atoms with van der Waals surface area (Å²) in [5.41, 5.74) is 3.75. The summed E-state index contributed by atoms with van der Waals surface area (Å²) in [6.45, 7) is 4.29. The molecule has 0 saturated carbocycles. The van der Waals surface area contributed by atoms with Gasteiger partial charge in [0.05, 0.1) is 16.8 Å². The second-order valence-corrected chi connectivity index (χ2v) is 10.6. The molecule has 1 saturated heterocycles. The molecule has 1 aromatic carbocycles. The summed E-state index contributed by atoms with van der Waals surface area (Å²) in [5.74, 6) is -1.95. The number of nitrogens with zero attached hydrogens (tertiary/aromatic N) is 4. The fourth-order valence-electron chi connectivity index (χ4n) is 5.18. The normalized spacial score (nSPS) is 20.6. The van der Waals surface area contributed by atoms with Gasteiger partial charge in [0.25, 0.3) is 11.8 Å². The van der Waals surface area contributed by atoms with Crippen LogP contribution in [0.25, 0.3) is 15.8 Å². The van der Waals surface area contributed by atoms with Gasteiger partial charge in [0.15, 0.2) is 0 Å². The first-order chi connectivity index (χ1) is 17.4. The SMILES string of the molecule is Cc1cc2c(C3=CCN(Cc4ccc5c(c4)C(=O)N(C4CCC(=O)NC4=O)C5=O)CC3)ncnc2s1. The summed E-state index contributed by atoms with van der Waals surface area (Å²) in [6.07, 6.45) is 4.93. The monoisotopic (exact) mass is 501 g/mol. The third-order valence-electron chi connectivity index (χ3n) is 6.96. The van der Waals surface area contributed by atoms with Crippen molar-refractivity contribution in [1.82, 2.24) is 25.1 Å². The molecule has 1 fully saturated rings. The van der Waals surface area contributed by atoms with Crippen molar-refractivity contribution in [3.05, 3.63) is 63.9 Å². The Kier molecular flexibility index (Phi) is 5.50. The molecule has 10 heteroatoms. The van der Waals surface area contributed by atoms with E-state index in [2.05, 4.69) is 39.3 Å². The van der Waals surface area contributed by atoms with Gasteiger partial charge in [-0.2, -0.15) is 0 Å². The fourth-order valence-corrected chi connectivity index (χ4v) is 6.02. The van der Waals surface area contributed by atoms with Crippen molar-refractivity contribution in [2.75, 3.05) is 13.1 Å². The van der Waals surface area contributed by atoms with Crippen molar-refractivity contribution in [1.29, 1.82) is 0 Å². The van der Waals surface area contributed by atoms with Gasteiger partial charge in [-0.3, -0.25) is 34.3 Å². The number of nitrogens with one attached hydrogen (secondary N) is 1. The van der Waals surface area contributed by atoms with Crippen LogP contribution in [0.5, 0.6) is 0 Å². The van der Waals surface area contributed by atoms with Crippen molar-refractivity contribution in [3.63, 3.8) is 0 Å². The van der Waals surface area contributed by atoms with Crippen LogP contribution in [0.2, 0.25) is 0 Å². The van der Waals surface area contributed by atoms with Crippen LogP contribution in [0.15, 0.2) is 36.7 Å². The van der Waals surface area contributed by atoms with Crippen molar-refractivity contribution < 1.29 is 19.2 Å². The largest absolute Gasteiger partial charge is 0.295 e. The molecule has 6 rings (SSSR count). The van der Waals surface area contributed by atoms with Crippen LogP contribution < -0.4 is 5.32 Å². The Morgan fingerprint density at radius 2 is 1.89 bits per heavy atom. The second kappa shape index (κ2) is 8.72. The van der Waals surface area contributed by atoms with Crippen LogP contribution in [0.1, 0.15) is 56.1 Å². The predicted molar refractivity (Wildman–Crippen MR) is 133 cm³/mol. The number of thiophene rings is 1. The minimum Gasteiger partial charge on any atom is -0.295 e. The molecule has 5 heterocycles. The first kappa shape index (κ1) is 22.7. The highest BCUT2D eigenvalue weighted by atomic mass is 32.1. The van der Waals surface area contributed by atoms with Gasteiger partial charge >= 0.3 is 0 Å². The van der Waals surface area contributed by atoms with Crippen LogP contribution in [0.3, 0.4) is 0 Å². The molecule has 1 unspecified atom stereocenters. The summed E-state index contributed by atoms with van der Waals surface area (Å²) in [5, 5.41) is 3.32. The van der Waals surface area contributed by atoms with Gasteiger partial charge in [-0.15, -0.1) is 11.3 Å². The maximum absolute atomic E-state index is 13.1. The van der Waals surface area contributed by atoms with Crippen LogP contribution >= 0.6 is 11.3 Å². The van der Waals surface area contributed by atoms with Crippen LogP contribution in [0.4, 0.5) is 0 Å². The maximum Gasteiger partial charge on any atom is 0.262 e. The Morgan fingerprint density at radius 1 is 1.06 bits per heavy atom. The Bertz CT molecular complexity index is 1490. The average Bonchev–Trinajstić information content (AvgIpc) is 3.36. The lowest BCUT2D eigenvalue weighted by molar-refractivity contribution is -0.136. The van der Waals surface area contributed by atoms with Gasteiger partial charge in [0.2, 0.25) is 11.8 Å². The number of aryl methyl sites for hydroxylation is 1. The van der Waals surface area contributed by atoms with E-state index in [-0.39, 0.29) is 18.7 Å². The molecule has 0 radical (unpaired) electrons. The number of fused-ring (bicyclic) bond motifs is 2. The topological polar surface area (TPSA) is 113 Å². The van der Waals surface area contributed by atoms with Crippen molar-refractivity contribution >= 4 is 50.8 Å². The van der Waals surface area contributed by atoms with E-state index in [1.54, 1.807) is 29.8 Å². The molecular weight excluding hydrogens is 478 g/mol. The molecule has 3 aliphatic heterocycles. The first-order valence-electron chi connectivity index (χ1n) is 11.9. The highest BCUT2D eigenvalue weighted by Crippen LogP contribution is 2.32. The maximum atomic E-state index is 13.1. The Balaban J connectivity index is 1.17. The molecule has 0 bridgehead atoms. The Labute approximate surface area is 210 Å². The standard InChI is InChI=1S/C26H23N5O4S/c1-14-10-19-22(27-13-28-24(19)36-14)16-6-8-30(9-7-16)12-15-2-3-17-18(11-15)26(35)31(25(17)34)20-4-5-21(32)29-23(20)33/h2-3,6,10-11,13,20H,4-5,7-9,12H2,1H3,(H,29,32,33). The number of aromatic nitrogens is 2. The highest BCUT2D eigenvalue weighted by Gasteiger charge is 2.44. The quantitative estimate of drug-likeness (QED) is 0.547. The molecular formula is C26H23N5O4S. The van der Waals surface area contributed by atoms with Crippen LogP contribution in [-0.4, -0.2) is 62.5 Å². The zero-order valence-corrected chi connectivity index (χ0v) is 20.4. The number of benzene rings is 1. The van der Waals surface area contributed by atoms with E-state index in [0.29, 0.717) is 17.7 Å². The molecule has 0 spiro atoms. The van der Waals surface area contributed by atoms with Crippen molar-refractivity contribution in [3.8, 4) is 0 Å². The summed E-state index contributed by atoms with van der Waals surface area (Å²) < 4.78 is 0. The summed E-state index contributed by atoms with van der Waals surface area (Å²) in [7, 11) is 0. The molecule has 1 atom stereocenters. The molecule has 0 aliphatic carbocycles. The van der Waals surface area contributed by atoms with E-state index in [9.17, 15) is 19.2 Å². The van der Waals surface area contributed by atoms with E-state index in [1.807, 2.05) is 6.07 Å². The van der Waals surface area contributed by atoms with E-state index < -0.39 is 23.8 Å². The van der Waals surface area contributed by atoms with E-state index in [0.717, 1.165) is 45.9 Å². The minimum atomic E-state index is -0.954. The van der Waals surface area contributed by atoms with Gasteiger partial charge in [-0.05, 0) is 49.1 Å². The third kappa shape index (κ3) is 3.82. The number of amides is 4. The van der Waals surface area contributed by atoms with Gasteiger partial charge in [0, 0.05) is 36.3 Å². The first-order valence-corrected chi connectivity index (χ1v) is 12.7. The summed E-state index contributed by atoms with van der Waals surface area (Å²) in [4.78, 5) is 64.2. The summed E-state index contributed by atoms with van der Waals surface area (Å²) in [6, 6.07) is 6.47. The number of piperidine rings is 1. The number of hydrogen-bond acceptors (Lipinski definition) is 8. The molecule has 2 aromatic heterocycles. The number of hydrogen-bond donors (Lipinski definition) is 1. The molecule has 3 aromatic rings. The Morgan fingerprint density at radius 3 is 2.67 bits per heavy atom. The second-order valence-electron chi connectivity index (χ2n) is 9.34. The molecule has 4 amide bonds. The number of rotatable bonds is 4. The van der Waals surface area contributed by atoms with E-state index >= 15 is 0 Å². The minimum absolute atomic E-state index is 0.103. The third-order valence-corrected chi connectivity index (χ3v) is 7.92. The zero-order chi connectivity index (χ0) is 25.0. The molecule has 36 heavy (non-hydrogen) atoms. The summed E-state index contributed by atoms with van der Waals surface area (Å²) >= 11 is 1.67. The lowest BCUT2D eigenvalue weighted by Crippen LogP contribution is -2.54. The zero-order valence-electron chi connectivity index (χ0n) is 19.6. The highest BCUT2D eigenvalue weighted by molar-refractivity contribution is 7.18. The van der Waals surface area contributed by atoms with Crippen LogP contribution in [-0.2, 0) is 16.1 Å². The average molecular weight is 502 g/mol. The van der Waals surface area contributed by atoms with E-state index in [4.69, 9.17) is 0 Å². The van der Waals surface area contributed by atoms with Gasteiger partial charge < -0.3 is 0 Å². The lowest BCUT2D eigenvalue weighted by Gasteiger charge is -2.27. The predicted octanol–water partition coefficient (Wildman–Crippen LogP) is 2.69. The van der Waals surface area contributed by atoms with Crippen LogP contribution in [0, 0.1) is 6.92 Å². The molecule has 9 nitrogen and oxygen atoms in total. The van der Waals surface area contributed by atoms with Gasteiger partial charge in [-0.25, -0.2) is 9.97 Å². The van der Waals surface area contributed by atoms with E-state index in [1.165, 1.54) is 10.5 Å². The number of carbonyl (C=O) groups is 4. The van der Waals surface area contributed by atoms with Gasteiger partial charge in [-0.1, -0.05) is 12.1 Å². The van der Waals surface area contributed by atoms with Gasteiger partial charge in [0.1, 0.15) is 17.2 Å². The molecule has 1 N–H and O–H groups in total. The fraction of sp³-hybridized carbons (Fsp3) is 0.308. The number of carbonyl (C=O) groups excluding carboxylic acids is 4.